The van der Waals surface area contributed by atoms with Crippen molar-refractivity contribution in [2.45, 2.75) is 12.1 Å². The lowest BCUT2D eigenvalue weighted by atomic mass is 9.55. The number of rotatable bonds is 4. The summed E-state index contributed by atoms with van der Waals surface area (Å²) in [7, 11) is 9.66. The number of aryl methyl sites for hydroxylation is 2. The van der Waals surface area contributed by atoms with Crippen LogP contribution in [0.5, 0.6) is 0 Å². The van der Waals surface area contributed by atoms with Gasteiger partial charge in [-0.2, -0.15) is 0 Å². The third kappa shape index (κ3) is 2.64. The fourth-order valence-electron chi connectivity index (χ4n) is 5.70. The van der Waals surface area contributed by atoms with Gasteiger partial charge in [-0.1, -0.05) is 0 Å². The number of carbonyl (C=O) groups excluding carboxylic acids is 3. The summed E-state index contributed by atoms with van der Waals surface area (Å²) in [4.78, 5) is 53.9. The van der Waals surface area contributed by atoms with E-state index in [-0.39, 0.29) is 13.1 Å². The molecule has 0 aliphatic carbocycles. The standard InChI is InChI=1S/C21H28N6O5/c1-24-11-20(18(29)31-5)13(15-22-7-9-25(15)2)27(4)14(16-23-8-10-26(16)3)21(12-24,17(20)28)19(30)32-6/h7-10,13-14H,11-12H2,1-6H3. The van der Waals surface area contributed by atoms with Gasteiger partial charge in [-0.15, -0.1) is 0 Å². The SMILES string of the molecule is COC(=O)C12CN(C)CC(C(=O)OC)(C1=O)C(c1nccn1C)N(C)C2c1nccn1C. The number of nitrogens with zero attached hydrogens (tertiary/aromatic N) is 6. The zero-order valence-electron chi connectivity index (χ0n) is 19.1. The van der Waals surface area contributed by atoms with Gasteiger partial charge in [0.1, 0.15) is 11.6 Å². The van der Waals surface area contributed by atoms with E-state index in [1.54, 1.807) is 62.1 Å². The first kappa shape index (κ1) is 22.2. The number of esters is 2. The molecule has 2 aromatic heterocycles. The highest BCUT2D eigenvalue weighted by atomic mass is 16.5. The van der Waals surface area contributed by atoms with Gasteiger partial charge in [0.15, 0.2) is 16.6 Å². The number of aromatic nitrogens is 4. The van der Waals surface area contributed by atoms with E-state index >= 15 is 0 Å². The van der Waals surface area contributed by atoms with Crippen LogP contribution in [-0.2, 0) is 38.0 Å². The summed E-state index contributed by atoms with van der Waals surface area (Å²) in [5.74, 6) is -0.916. The summed E-state index contributed by atoms with van der Waals surface area (Å²) in [5, 5.41) is 0. The van der Waals surface area contributed by atoms with Crippen LogP contribution < -0.4 is 0 Å². The molecule has 11 heteroatoms. The van der Waals surface area contributed by atoms with Crippen molar-refractivity contribution in [2.75, 3.05) is 41.4 Å². The Labute approximate surface area is 185 Å². The number of hydrogen-bond acceptors (Lipinski definition) is 9. The Morgan fingerprint density at radius 3 is 1.59 bits per heavy atom. The number of Topliss-reactive ketones (excluding diaryl/α,β-unsaturated/α-hetero) is 1. The normalized spacial score (nSPS) is 30.9. The molecule has 2 bridgehead atoms. The second-order valence-corrected chi connectivity index (χ2v) is 8.69. The smallest absolute Gasteiger partial charge is 0.322 e. The zero-order chi connectivity index (χ0) is 23.4. The molecule has 11 nitrogen and oxygen atoms in total. The van der Waals surface area contributed by atoms with Crippen LogP contribution in [0.4, 0.5) is 0 Å². The Hall–Kier alpha value is -3.05. The van der Waals surface area contributed by atoms with Gasteiger partial charge in [0, 0.05) is 52.0 Å². The van der Waals surface area contributed by atoms with Gasteiger partial charge in [-0.05, 0) is 14.1 Å². The van der Waals surface area contributed by atoms with Crippen LogP contribution in [-0.4, -0.2) is 88.0 Å². The minimum absolute atomic E-state index is 0.0758. The molecule has 4 atom stereocenters. The maximum absolute atomic E-state index is 14.4. The number of hydrogen-bond donors (Lipinski definition) is 0. The molecule has 2 fully saturated rings. The maximum atomic E-state index is 14.4. The highest BCUT2D eigenvalue weighted by molar-refractivity contribution is 6.17. The fraction of sp³-hybridized carbons (Fsp3) is 0.571. The number of methoxy groups -OCH3 is 2. The molecular formula is C21H28N6O5. The molecule has 4 heterocycles. The molecule has 172 valence electrons. The zero-order valence-corrected chi connectivity index (χ0v) is 19.1. The number of ketones is 1. The van der Waals surface area contributed by atoms with Crippen LogP contribution in [0.2, 0.25) is 0 Å². The predicted octanol–water partition coefficient (Wildman–Crippen LogP) is -0.285. The van der Waals surface area contributed by atoms with Gasteiger partial charge in [0.25, 0.3) is 0 Å². The molecule has 2 aromatic rings. The van der Waals surface area contributed by atoms with Crippen molar-refractivity contribution in [3.63, 3.8) is 0 Å². The summed E-state index contributed by atoms with van der Waals surface area (Å²) < 4.78 is 13.9. The van der Waals surface area contributed by atoms with Crippen molar-refractivity contribution in [2.24, 2.45) is 24.9 Å². The topological polar surface area (TPSA) is 112 Å². The average Bonchev–Trinajstić information content (AvgIpc) is 3.37. The first-order valence-corrected chi connectivity index (χ1v) is 10.2. The first-order chi connectivity index (χ1) is 15.2. The maximum Gasteiger partial charge on any atom is 0.322 e. The van der Waals surface area contributed by atoms with E-state index in [1.807, 2.05) is 9.80 Å². The second kappa shape index (κ2) is 7.52. The van der Waals surface area contributed by atoms with E-state index in [0.717, 1.165) is 0 Å². The van der Waals surface area contributed by atoms with Gasteiger partial charge in [0.05, 0.1) is 26.3 Å². The Morgan fingerprint density at radius 1 is 0.875 bits per heavy atom. The average molecular weight is 444 g/mol. The lowest BCUT2D eigenvalue weighted by molar-refractivity contribution is -0.203. The highest BCUT2D eigenvalue weighted by Gasteiger charge is 2.75. The van der Waals surface area contributed by atoms with E-state index in [4.69, 9.17) is 9.47 Å². The van der Waals surface area contributed by atoms with Crippen LogP contribution in [0.3, 0.4) is 0 Å². The lowest BCUT2D eigenvalue weighted by Gasteiger charge is -2.59. The summed E-state index contributed by atoms with van der Waals surface area (Å²) in [6.45, 7) is 0.152. The largest absolute Gasteiger partial charge is 0.468 e. The summed E-state index contributed by atoms with van der Waals surface area (Å²) >= 11 is 0. The van der Waals surface area contributed by atoms with E-state index in [2.05, 4.69) is 9.97 Å². The van der Waals surface area contributed by atoms with Crippen LogP contribution in [0.25, 0.3) is 0 Å². The van der Waals surface area contributed by atoms with Crippen molar-refractivity contribution in [3.8, 4) is 0 Å². The molecule has 0 saturated carbocycles. The monoisotopic (exact) mass is 444 g/mol. The second-order valence-electron chi connectivity index (χ2n) is 8.69. The lowest BCUT2D eigenvalue weighted by Crippen LogP contribution is -2.75. The third-order valence-electron chi connectivity index (χ3n) is 6.90. The Kier molecular flexibility index (Phi) is 5.21. The molecule has 0 amide bonds. The summed E-state index contributed by atoms with van der Waals surface area (Å²) in [5.41, 5.74) is -3.38. The van der Waals surface area contributed by atoms with Gasteiger partial charge in [-0.25, -0.2) is 9.97 Å². The third-order valence-corrected chi connectivity index (χ3v) is 6.90. The van der Waals surface area contributed by atoms with Crippen LogP contribution in [0.1, 0.15) is 23.7 Å². The molecule has 0 N–H and O–H groups in total. The minimum Gasteiger partial charge on any atom is -0.468 e. The van der Waals surface area contributed by atoms with Gasteiger partial charge >= 0.3 is 11.9 Å². The number of ether oxygens (including phenoxy) is 2. The van der Waals surface area contributed by atoms with E-state index in [9.17, 15) is 14.4 Å². The molecule has 2 aliphatic heterocycles. The molecule has 0 radical (unpaired) electrons. The molecular weight excluding hydrogens is 416 g/mol. The van der Waals surface area contributed by atoms with E-state index in [0.29, 0.717) is 11.6 Å². The van der Waals surface area contributed by atoms with Gasteiger partial charge in [-0.3, -0.25) is 19.3 Å². The molecule has 32 heavy (non-hydrogen) atoms. The van der Waals surface area contributed by atoms with Crippen LogP contribution >= 0.6 is 0 Å². The number of imidazole rings is 2. The minimum atomic E-state index is -1.69. The van der Waals surface area contributed by atoms with E-state index in [1.165, 1.54) is 14.2 Å². The van der Waals surface area contributed by atoms with Gasteiger partial charge in [0.2, 0.25) is 0 Å². The van der Waals surface area contributed by atoms with Crippen molar-refractivity contribution < 1.29 is 23.9 Å². The predicted molar refractivity (Wildman–Crippen MR) is 111 cm³/mol. The van der Waals surface area contributed by atoms with Crippen molar-refractivity contribution in [3.05, 3.63) is 36.4 Å². The van der Waals surface area contributed by atoms with E-state index < -0.39 is 40.6 Å². The molecule has 0 spiro atoms. The molecule has 2 aliphatic rings. The molecule has 4 unspecified atom stereocenters. The molecule has 4 rings (SSSR count). The highest BCUT2D eigenvalue weighted by Crippen LogP contribution is 2.59. The fourth-order valence-corrected chi connectivity index (χ4v) is 5.70. The summed E-state index contributed by atoms with van der Waals surface area (Å²) in [6.07, 6.45) is 6.73. The molecule has 2 saturated heterocycles. The number of likely N-dealkylation sites (tertiary alicyclic amines) is 2. The summed E-state index contributed by atoms with van der Waals surface area (Å²) in [6, 6.07) is -1.60. The number of fused-ring (bicyclic) bond motifs is 2. The van der Waals surface area contributed by atoms with Gasteiger partial charge < -0.3 is 23.5 Å². The van der Waals surface area contributed by atoms with Crippen molar-refractivity contribution in [1.82, 2.24) is 28.9 Å². The molecule has 0 aromatic carbocycles. The number of piperidine rings is 2. The Morgan fingerprint density at radius 2 is 1.28 bits per heavy atom. The van der Waals surface area contributed by atoms with Crippen LogP contribution in [0, 0.1) is 10.8 Å². The van der Waals surface area contributed by atoms with Crippen molar-refractivity contribution in [1.29, 1.82) is 0 Å². The van der Waals surface area contributed by atoms with Crippen LogP contribution in [0.15, 0.2) is 24.8 Å². The van der Waals surface area contributed by atoms with Crippen molar-refractivity contribution >= 4 is 17.7 Å². The quantitative estimate of drug-likeness (QED) is 0.464. The first-order valence-electron chi connectivity index (χ1n) is 10.2. The Bertz CT molecular complexity index is 998. The Balaban J connectivity index is 2.09. The number of carbonyl (C=O) groups is 3.